The molecular formula is C19H29NO2S. The molecule has 1 aliphatic rings. The van der Waals surface area contributed by atoms with Crippen LogP contribution < -0.4 is 0 Å². The van der Waals surface area contributed by atoms with Gasteiger partial charge < -0.3 is 0 Å². The average Bonchev–Trinajstić information content (AvgIpc) is 2.98. The molecule has 2 rings (SSSR count). The van der Waals surface area contributed by atoms with Gasteiger partial charge in [-0.1, -0.05) is 54.4 Å². The molecule has 23 heavy (non-hydrogen) atoms. The van der Waals surface area contributed by atoms with Crippen LogP contribution >= 0.6 is 11.3 Å². The number of nitrogens with zero attached hydrogens (tertiary/aromatic N) is 1. The minimum Gasteiger partial charge on any atom is -0.277 e. The van der Waals surface area contributed by atoms with Crippen LogP contribution in [0.4, 0.5) is 0 Å². The van der Waals surface area contributed by atoms with Crippen molar-refractivity contribution in [2.45, 2.75) is 67.2 Å². The second kappa shape index (κ2) is 6.04. The molecule has 0 fully saturated rings. The van der Waals surface area contributed by atoms with E-state index in [1.54, 1.807) is 7.05 Å². The third kappa shape index (κ3) is 2.65. The van der Waals surface area contributed by atoms with E-state index in [4.69, 9.17) is 0 Å². The summed E-state index contributed by atoms with van der Waals surface area (Å²) in [6.07, 6.45) is 3.95. The second-order valence-electron chi connectivity index (χ2n) is 7.56. The molecule has 128 valence electrons. The highest BCUT2D eigenvalue weighted by Gasteiger charge is 2.43. The van der Waals surface area contributed by atoms with Gasteiger partial charge in [-0.15, -0.1) is 11.3 Å². The van der Waals surface area contributed by atoms with Gasteiger partial charge in [0.05, 0.1) is 5.56 Å². The fourth-order valence-electron chi connectivity index (χ4n) is 3.64. The molecule has 1 aromatic heterocycles. The highest BCUT2D eigenvalue weighted by atomic mass is 32.1. The van der Waals surface area contributed by atoms with Crippen molar-refractivity contribution >= 4 is 23.2 Å². The van der Waals surface area contributed by atoms with Crippen LogP contribution in [0.5, 0.6) is 0 Å². The lowest BCUT2D eigenvalue weighted by molar-refractivity contribution is 0.0688. The van der Waals surface area contributed by atoms with Crippen LogP contribution in [0.1, 0.15) is 84.9 Å². The average molecular weight is 336 g/mol. The van der Waals surface area contributed by atoms with Crippen LogP contribution in [0.25, 0.3) is 0 Å². The Morgan fingerprint density at radius 3 is 2.04 bits per heavy atom. The minimum absolute atomic E-state index is 0.0692. The molecule has 0 saturated heterocycles. The molecule has 1 aromatic rings. The third-order valence-corrected chi connectivity index (χ3v) is 7.61. The van der Waals surface area contributed by atoms with E-state index < -0.39 is 0 Å². The lowest BCUT2D eigenvalue weighted by Crippen LogP contribution is -2.36. The van der Waals surface area contributed by atoms with Crippen LogP contribution in [-0.4, -0.2) is 23.8 Å². The van der Waals surface area contributed by atoms with Crippen molar-refractivity contribution in [3.63, 3.8) is 0 Å². The molecule has 2 heterocycles. The van der Waals surface area contributed by atoms with Gasteiger partial charge in [-0.05, 0) is 29.2 Å². The molecule has 0 N–H and O–H groups in total. The summed E-state index contributed by atoms with van der Waals surface area (Å²) in [5.74, 6) is -0.260. The van der Waals surface area contributed by atoms with Gasteiger partial charge in [0.1, 0.15) is 4.88 Å². The zero-order chi connectivity index (χ0) is 17.6. The molecule has 0 spiro atoms. The Bertz CT molecular complexity index is 638. The highest BCUT2D eigenvalue weighted by Crippen LogP contribution is 2.48. The van der Waals surface area contributed by atoms with Crippen molar-refractivity contribution in [1.29, 1.82) is 0 Å². The van der Waals surface area contributed by atoms with Crippen molar-refractivity contribution in [2.24, 2.45) is 10.8 Å². The van der Waals surface area contributed by atoms with E-state index in [-0.39, 0.29) is 22.6 Å². The molecule has 0 radical (unpaired) electrons. The topological polar surface area (TPSA) is 37.4 Å². The third-order valence-electron chi connectivity index (χ3n) is 6.24. The summed E-state index contributed by atoms with van der Waals surface area (Å²) in [4.78, 5) is 27.9. The molecule has 0 aromatic carbocycles. The van der Waals surface area contributed by atoms with Gasteiger partial charge in [-0.25, -0.2) is 0 Å². The smallest absolute Gasteiger partial charge is 0.271 e. The van der Waals surface area contributed by atoms with E-state index in [2.05, 4.69) is 41.5 Å². The Morgan fingerprint density at radius 1 is 1.00 bits per heavy atom. The lowest BCUT2D eigenvalue weighted by Gasteiger charge is -2.44. The lowest BCUT2D eigenvalue weighted by atomic mass is 9.61. The summed E-state index contributed by atoms with van der Waals surface area (Å²) >= 11 is 1.52. The summed E-state index contributed by atoms with van der Waals surface area (Å²) in [7, 11) is 1.58. The normalized spacial score (nSPS) is 15.5. The zero-order valence-corrected chi connectivity index (χ0v) is 16.3. The number of hydrogen-bond acceptors (Lipinski definition) is 3. The standard InChI is InChI=1S/C19H29NO2S/c1-8-13-12(11-18(4,5)19(6,9-2)10-3)14-15(23-13)17(22)20(7)16(14)21/h8-11H2,1-7H3. The van der Waals surface area contributed by atoms with Crippen LogP contribution in [0.15, 0.2) is 0 Å². The number of fused-ring (bicyclic) bond motifs is 1. The Morgan fingerprint density at radius 2 is 1.57 bits per heavy atom. The Hall–Kier alpha value is -1.16. The molecule has 1 aliphatic heterocycles. The van der Waals surface area contributed by atoms with Gasteiger partial charge in [0.2, 0.25) is 0 Å². The van der Waals surface area contributed by atoms with E-state index in [0.717, 1.165) is 31.2 Å². The predicted octanol–water partition coefficient (Wildman–Crippen LogP) is 4.93. The monoisotopic (exact) mass is 335 g/mol. The maximum atomic E-state index is 12.5. The fourth-order valence-corrected chi connectivity index (χ4v) is 4.86. The predicted molar refractivity (Wildman–Crippen MR) is 96.3 cm³/mol. The van der Waals surface area contributed by atoms with Crippen molar-refractivity contribution in [2.75, 3.05) is 7.05 Å². The van der Waals surface area contributed by atoms with Crippen molar-refractivity contribution in [3.05, 3.63) is 20.9 Å². The van der Waals surface area contributed by atoms with E-state index in [1.807, 2.05) is 0 Å². The summed E-state index contributed by atoms with van der Waals surface area (Å²) < 4.78 is 0. The highest BCUT2D eigenvalue weighted by molar-refractivity contribution is 7.15. The first-order valence-electron chi connectivity index (χ1n) is 8.60. The van der Waals surface area contributed by atoms with Crippen molar-refractivity contribution in [3.8, 4) is 0 Å². The number of amides is 2. The van der Waals surface area contributed by atoms with Crippen LogP contribution in [-0.2, 0) is 12.8 Å². The maximum absolute atomic E-state index is 12.5. The molecule has 0 aliphatic carbocycles. The molecule has 0 unspecified atom stereocenters. The molecular weight excluding hydrogens is 306 g/mol. The Balaban J connectivity index is 2.52. The second-order valence-corrected chi connectivity index (χ2v) is 8.66. The van der Waals surface area contributed by atoms with E-state index in [1.165, 1.54) is 21.1 Å². The van der Waals surface area contributed by atoms with Gasteiger partial charge in [0, 0.05) is 11.9 Å². The van der Waals surface area contributed by atoms with Crippen molar-refractivity contribution < 1.29 is 9.59 Å². The minimum atomic E-state index is -0.137. The van der Waals surface area contributed by atoms with Gasteiger partial charge in [-0.3, -0.25) is 14.5 Å². The van der Waals surface area contributed by atoms with Gasteiger partial charge in [0.25, 0.3) is 11.8 Å². The molecule has 2 amide bonds. The SMILES string of the molecule is CCc1sc2c(c1CC(C)(C)C(C)(CC)CC)C(=O)N(C)C2=O. The molecule has 0 saturated carbocycles. The first-order valence-corrected chi connectivity index (χ1v) is 9.42. The molecule has 4 heteroatoms. The molecule has 0 bridgehead atoms. The number of hydrogen-bond donors (Lipinski definition) is 0. The van der Waals surface area contributed by atoms with E-state index in [0.29, 0.717) is 10.4 Å². The van der Waals surface area contributed by atoms with Gasteiger partial charge in [-0.2, -0.15) is 0 Å². The Kier molecular flexibility index (Phi) is 4.78. The molecule has 0 atom stereocenters. The summed E-state index contributed by atoms with van der Waals surface area (Å²) in [5, 5.41) is 0. The largest absolute Gasteiger partial charge is 0.277 e. The summed E-state index contributed by atoms with van der Waals surface area (Å²) in [6, 6.07) is 0. The van der Waals surface area contributed by atoms with Crippen LogP contribution in [0.3, 0.4) is 0 Å². The first-order chi connectivity index (χ1) is 10.6. The molecule has 3 nitrogen and oxygen atoms in total. The van der Waals surface area contributed by atoms with Crippen LogP contribution in [0, 0.1) is 10.8 Å². The number of thiophene rings is 1. The number of aryl methyl sites for hydroxylation is 1. The Labute approximate surface area is 144 Å². The van der Waals surface area contributed by atoms with E-state index >= 15 is 0 Å². The number of carbonyl (C=O) groups excluding carboxylic acids is 2. The number of rotatable bonds is 6. The zero-order valence-electron chi connectivity index (χ0n) is 15.5. The van der Waals surface area contributed by atoms with Crippen LogP contribution in [0.2, 0.25) is 0 Å². The fraction of sp³-hybridized carbons (Fsp3) is 0.684. The summed E-state index contributed by atoms with van der Waals surface area (Å²) in [6.45, 7) is 13.5. The maximum Gasteiger partial charge on any atom is 0.271 e. The number of imide groups is 1. The van der Waals surface area contributed by atoms with E-state index in [9.17, 15) is 9.59 Å². The summed E-state index contributed by atoms with van der Waals surface area (Å²) in [5.41, 5.74) is 2.08. The first kappa shape index (κ1) is 18.2. The number of carbonyl (C=O) groups is 2. The van der Waals surface area contributed by atoms with Crippen molar-refractivity contribution in [1.82, 2.24) is 4.90 Å². The quantitative estimate of drug-likeness (QED) is 0.691. The van der Waals surface area contributed by atoms with Gasteiger partial charge >= 0.3 is 0 Å². The van der Waals surface area contributed by atoms with Gasteiger partial charge in [0.15, 0.2) is 0 Å².